The summed E-state index contributed by atoms with van der Waals surface area (Å²) < 4.78 is 8.34. The number of carbonyl (C=O) groups excluding carboxylic acids is 1. The van der Waals surface area contributed by atoms with Crippen molar-refractivity contribution in [2.24, 2.45) is 0 Å². The summed E-state index contributed by atoms with van der Waals surface area (Å²) in [5.41, 5.74) is 1.45. The molecule has 0 saturated heterocycles. The molecule has 0 unspecified atom stereocenters. The standard InChI is InChI=1S/C18H20N4O3/c1-11-9-20(17(23)25-18(2,3)4)16-19-13-10-21(24)14-8-6-5-7-12(14)15(13)22(11)16/h5-8,10-11H,9H2,1-4H3/t11-/m0/s1. The van der Waals surface area contributed by atoms with Gasteiger partial charge in [0.15, 0.2) is 5.52 Å². The Balaban J connectivity index is 1.92. The summed E-state index contributed by atoms with van der Waals surface area (Å²) in [6, 6.07) is 7.46. The van der Waals surface area contributed by atoms with Crippen molar-refractivity contribution in [1.29, 1.82) is 0 Å². The predicted octanol–water partition coefficient (Wildman–Crippen LogP) is 3.14. The van der Waals surface area contributed by atoms with Gasteiger partial charge >= 0.3 is 6.09 Å². The van der Waals surface area contributed by atoms with E-state index in [1.807, 2.05) is 50.5 Å². The van der Waals surface area contributed by atoms with Gasteiger partial charge in [-0.15, -0.1) is 0 Å². The Morgan fingerprint density at radius 3 is 2.80 bits per heavy atom. The zero-order valence-electron chi connectivity index (χ0n) is 14.7. The van der Waals surface area contributed by atoms with Gasteiger partial charge < -0.3 is 14.5 Å². The molecule has 25 heavy (non-hydrogen) atoms. The number of hydrogen-bond donors (Lipinski definition) is 0. The van der Waals surface area contributed by atoms with Crippen molar-refractivity contribution in [2.45, 2.75) is 39.3 Å². The minimum absolute atomic E-state index is 0.0402. The molecule has 0 N–H and O–H groups in total. The number of rotatable bonds is 0. The minimum Gasteiger partial charge on any atom is -0.618 e. The quantitative estimate of drug-likeness (QED) is 0.465. The number of carbonyl (C=O) groups is 1. The van der Waals surface area contributed by atoms with E-state index >= 15 is 0 Å². The molecule has 0 aliphatic carbocycles. The van der Waals surface area contributed by atoms with Gasteiger partial charge in [0.2, 0.25) is 17.7 Å². The predicted molar refractivity (Wildman–Crippen MR) is 94.5 cm³/mol. The van der Waals surface area contributed by atoms with Crippen LogP contribution in [0.15, 0.2) is 30.5 Å². The summed E-state index contributed by atoms with van der Waals surface area (Å²) in [4.78, 5) is 18.7. The van der Waals surface area contributed by atoms with Crippen LogP contribution in [0.2, 0.25) is 0 Å². The number of aromatic nitrogens is 3. The maximum atomic E-state index is 12.6. The van der Waals surface area contributed by atoms with Crippen molar-refractivity contribution in [3.8, 4) is 0 Å². The van der Waals surface area contributed by atoms with Gasteiger partial charge in [-0.3, -0.25) is 0 Å². The largest absolute Gasteiger partial charge is 0.618 e. The molecule has 1 aromatic carbocycles. The monoisotopic (exact) mass is 340 g/mol. The molecular weight excluding hydrogens is 320 g/mol. The second kappa shape index (κ2) is 5.08. The number of anilines is 1. The highest BCUT2D eigenvalue weighted by Crippen LogP contribution is 2.36. The van der Waals surface area contributed by atoms with Crippen molar-refractivity contribution < 1.29 is 14.3 Å². The Bertz CT molecular complexity index is 1000. The van der Waals surface area contributed by atoms with Crippen LogP contribution >= 0.6 is 0 Å². The third kappa shape index (κ3) is 2.38. The van der Waals surface area contributed by atoms with Gasteiger partial charge in [-0.1, -0.05) is 12.1 Å². The number of nitrogens with zero attached hydrogens (tertiary/aromatic N) is 4. The first kappa shape index (κ1) is 15.7. The SMILES string of the molecule is C[C@H]1CN(C(=O)OC(C)(C)C)c2nc3c[n+]([O-])c4ccccc4c3n21. The number of imidazole rings is 1. The van der Waals surface area contributed by atoms with Crippen LogP contribution in [0.25, 0.3) is 21.9 Å². The van der Waals surface area contributed by atoms with Gasteiger partial charge in [0.1, 0.15) is 5.60 Å². The fourth-order valence-electron chi connectivity index (χ4n) is 3.35. The molecule has 130 valence electrons. The van der Waals surface area contributed by atoms with E-state index < -0.39 is 11.7 Å². The van der Waals surface area contributed by atoms with Crippen LogP contribution in [0, 0.1) is 5.21 Å². The Morgan fingerprint density at radius 1 is 1.36 bits per heavy atom. The number of benzene rings is 1. The fourth-order valence-corrected chi connectivity index (χ4v) is 3.35. The lowest BCUT2D eigenvalue weighted by molar-refractivity contribution is -0.575. The molecule has 0 bridgehead atoms. The zero-order chi connectivity index (χ0) is 17.9. The van der Waals surface area contributed by atoms with Gasteiger partial charge in [-0.05, 0) is 33.8 Å². The normalized spacial score (nSPS) is 17.3. The lowest BCUT2D eigenvalue weighted by atomic mass is 10.2. The number of para-hydroxylation sites is 1. The maximum absolute atomic E-state index is 12.6. The Morgan fingerprint density at radius 2 is 2.08 bits per heavy atom. The molecule has 7 heteroatoms. The molecule has 0 saturated carbocycles. The summed E-state index contributed by atoms with van der Waals surface area (Å²) >= 11 is 0. The molecule has 1 amide bonds. The van der Waals surface area contributed by atoms with Crippen molar-refractivity contribution in [1.82, 2.24) is 9.55 Å². The molecule has 3 heterocycles. The Hall–Kier alpha value is -2.83. The molecule has 4 rings (SSSR count). The first-order valence-corrected chi connectivity index (χ1v) is 8.29. The molecule has 1 aliphatic heterocycles. The van der Waals surface area contributed by atoms with Crippen molar-refractivity contribution in [3.05, 3.63) is 35.7 Å². The van der Waals surface area contributed by atoms with E-state index in [1.54, 1.807) is 11.0 Å². The van der Waals surface area contributed by atoms with Crippen LogP contribution in [-0.4, -0.2) is 27.8 Å². The highest BCUT2D eigenvalue weighted by Gasteiger charge is 2.36. The first-order chi connectivity index (χ1) is 11.8. The number of pyridine rings is 1. The summed E-state index contributed by atoms with van der Waals surface area (Å²) in [6.45, 7) is 8.03. The number of fused-ring (bicyclic) bond motifs is 5. The summed E-state index contributed by atoms with van der Waals surface area (Å²) in [5.74, 6) is 0.521. The maximum Gasteiger partial charge on any atom is 0.417 e. The van der Waals surface area contributed by atoms with Crippen LogP contribution in [0.1, 0.15) is 33.7 Å². The van der Waals surface area contributed by atoms with Gasteiger partial charge in [-0.2, -0.15) is 4.73 Å². The smallest absolute Gasteiger partial charge is 0.417 e. The van der Waals surface area contributed by atoms with E-state index in [9.17, 15) is 10.0 Å². The van der Waals surface area contributed by atoms with Crippen molar-refractivity contribution >= 4 is 34.0 Å². The fraction of sp³-hybridized carbons (Fsp3) is 0.389. The summed E-state index contributed by atoms with van der Waals surface area (Å²) in [6.07, 6.45) is 1.04. The minimum atomic E-state index is -0.579. The lowest BCUT2D eigenvalue weighted by Gasteiger charge is -2.23. The number of amides is 1. The zero-order valence-corrected chi connectivity index (χ0v) is 14.7. The van der Waals surface area contributed by atoms with E-state index in [0.717, 1.165) is 15.6 Å². The van der Waals surface area contributed by atoms with Crippen LogP contribution < -0.4 is 9.63 Å². The highest BCUT2D eigenvalue weighted by molar-refractivity contribution is 6.03. The topological polar surface area (TPSA) is 74.3 Å². The summed E-state index contributed by atoms with van der Waals surface area (Å²) in [5, 5.41) is 13.1. The van der Waals surface area contributed by atoms with Crippen LogP contribution in [-0.2, 0) is 4.74 Å². The molecular formula is C18H20N4O3. The number of hydrogen-bond acceptors (Lipinski definition) is 4. The second-order valence-electron chi connectivity index (χ2n) is 7.43. The van der Waals surface area contributed by atoms with E-state index in [-0.39, 0.29) is 6.04 Å². The van der Waals surface area contributed by atoms with Gasteiger partial charge in [0.05, 0.1) is 23.5 Å². The highest BCUT2D eigenvalue weighted by atomic mass is 16.6. The van der Waals surface area contributed by atoms with Crippen molar-refractivity contribution in [2.75, 3.05) is 11.4 Å². The average Bonchev–Trinajstić information content (AvgIpc) is 3.03. The van der Waals surface area contributed by atoms with Gasteiger partial charge in [0, 0.05) is 6.07 Å². The first-order valence-electron chi connectivity index (χ1n) is 8.29. The molecule has 7 nitrogen and oxygen atoms in total. The van der Waals surface area contributed by atoms with Crippen LogP contribution in [0.5, 0.6) is 0 Å². The number of ether oxygens (including phenoxy) is 1. The van der Waals surface area contributed by atoms with Crippen molar-refractivity contribution in [3.63, 3.8) is 0 Å². The third-order valence-corrected chi connectivity index (χ3v) is 4.30. The molecule has 0 fully saturated rings. The van der Waals surface area contributed by atoms with E-state index in [4.69, 9.17) is 4.74 Å². The molecule has 1 aliphatic rings. The van der Waals surface area contributed by atoms with Crippen LogP contribution in [0.3, 0.4) is 0 Å². The molecule has 2 aromatic heterocycles. The molecule has 1 atom stereocenters. The average molecular weight is 340 g/mol. The van der Waals surface area contributed by atoms with E-state index in [0.29, 0.717) is 23.5 Å². The second-order valence-corrected chi connectivity index (χ2v) is 7.43. The summed E-state index contributed by atoms with van der Waals surface area (Å²) in [7, 11) is 0. The van der Waals surface area contributed by atoms with Crippen LogP contribution in [0.4, 0.5) is 10.7 Å². The lowest BCUT2D eigenvalue weighted by Crippen LogP contribution is -2.36. The van der Waals surface area contributed by atoms with E-state index in [2.05, 4.69) is 4.98 Å². The Kier molecular flexibility index (Phi) is 3.19. The van der Waals surface area contributed by atoms with Gasteiger partial charge in [0.25, 0.3) is 0 Å². The molecule has 0 spiro atoms. The molecule has 0 radical (unpaired) electrons. The van der Waals surface area contributed by atoms with Gasteiger partial charge in [-0.25, -0.2) is 14.7 Å². The third-order valence-electron chi connectivity index (χ3n) is 4.30. The van der Waals surface area contributed by atoms with E-state index in [1.165, 1.54) is 6.20 Å². The Labute approximate surface area is 145 Å². The molecule has 3 aromatic rings.